The summed E-state index contributed by atoms with van der Waals surface area (Å²) in [4.78, 5) is 13.9. The highest BCUT2D eigenvalue weighted by Crippen LogP contribution is 2.20. The summed E-state index contributed by atoms with van der Waals surface area (Å²) in [7, 11) is 1.59. The zero-order valence-corrected chi connectivity index (χ0v) is 12.1. The van der Waals surface area contributed by atoms with Crippen LogP contribution in [-0.2, 0) is 0 Å². The molecule has 0 heterocycles. The van der Waals surface area contributed by atoms with E-state index in [4.69, 9.17) is 27.9 Å². The normalized spacial score (nSPS) is 10.2. The van der Waals surface area contributed by atoms with Crippen LogP contribution in [0.2, 0.25) is 0 Å². The first kappa shape index (κ1) is 15.1. The Bertz CT molecular complexity index is 404. The lowest BCUT2D eigenvalue weighted by Crippen LogP contribution is -2.34. The molecular formula is C13H17Cl2NO2. The Hall–Kier alpha value is -0.930. The van der Waals surface area contributed by atoms with Gasteiger partial charge in [-0.05, 0) is 24.6 Å². The fourth-order valence-corrected chi connectivity index (χ4v) is 2.06. The number of ether oxygens (including phenoxy) is 1. The van der Waals surface area contributed by atoms with Crippen molar-refractivity contribution in [2.24, 2.45) is 0 Å². The number of halogens is 2. The molecule has 0 saturated heterocycles. The summed E-state index contributed by atoms with van der Waals surface area (Å²) in [6.07, 6.45) is 0. The van der Waals surface area contributed by atoms with Crippen LogP contribution in [0, 0.1) is 6.92 Å². The van der Waals surface area contributed by atoms with Crippen LogP contribution in [-0.4, -0.2) is 42.8 Å². The van der Waals surface area contributed by atoms with Crippen molar-refractivity contribution in [2.75, 3.05) is 32.0 Å². The van der Waals surface area contributed by atoms with E-state index in [1.54, 1.807) is 24.1 Å². The van der Waals surface area contributed by atoms with Crippen molar-refractivity contribution in [1.82, 2.24) is 4.90 Å². The molecule has 0 saturated carbocycles. The molecule has 3 nitrogen and oxygen atoms in total. The lowest BCUT2D eigenvalue weighted by atomic mass is 10.1. The third-order valence-electron chi connectivity index (χ3n) is 2.65. The smallest absolute Gasteiger partial charge is 0.254 e. The maximum atomic E-state index is 12.3. The number of benzene rings is 1. The fraction of sp³-hybridized carbons (Fsp3) is 0.462. The molecule has 0 unspecified atom stereocenters. The van der Waals surface area contributed by atoms with Crippen LogP contribution in [0.4, 0.5) is 0 Å². The van der Waals surface area contributed by atoms with E-state index in [2.05, 4.69) is 0 Å². The molecule has 0 bridgehead atoms. The second kappa shape index (κ2) is 7.49. The summed E-state index contributed by atoms with van der Waals surface area (Å²) in [5.74, 6) is 1.42. The van der Waals surface area contributed by atoms with Gasteiger partial charge in [0, 0.05) is 30.4 Å². The van der Waals surface area contributed by atoms with E-state index in [0.717, 1.165) is 5.56 Å². The Morgan fingerprint density at radius 1 is 1.28 bits per heavy atom. The van der Waals surface area contributed by atoms with E-state index in [9.17, 15) is 4.79 Å². The van der Waals surface area contributed by atoms with Gasteiger partial charge in [-0.2, -0.15) is 0 Å². The van der Waals surface area contributed by atoms with Crippen molar-refractivity contribution in [1.29, 1.82) is 0 Å². The lowest BCUT2D eigenvalue weighted by Gasteiger charge is -2.21. The minimum absolute atomic E-state index is 0.0744. The molecule has 0 spiro atoms. The maximum absolute atomic E-state index is 12.3. The van der Waals surface area contributed by atoms with Gasteiger partial charge in [0.1, 0.15) is 5.75 Å². The van der Waals surface area contributed by atoms with E-state index < -0.39 is 0 Å². The van der Waals surface area contributed by atoms with E-state index >= 15 is 0 Å². The summed E-state index contributed by atoms with van der Waals surface area (Å²) >= 11 is 11.4. The predicted molar refractivity (Wildman–Crippen MR) is 75.1 cm³/mol. The number of carbonyl (C=O) groups excluding carboxylic acids is 1. The number of alkyl halides is 2. The number of aryl methyl sites for hydroxylation is 1. The van der Waals surface area contributed by atoms with Gasteiger partial charge in [0.2, 0.25) is 0 Å². The Balaban J connectivity index is 2.93. The zero-order chi connectivity index (χ0) is 13.5. The van der Waals surface area contributed by atoms with Gasteiger partial charge in [0.25, 0.3) is 5.91 Å². The summed E-state index contributed by atoms with van der Waals surface area (Å²) in [6, 6.07) is 5.40. The van der Waals surface area contributed by atoms with Gasteiger partial charge in [-0.1, -0.05) is 6.07 Å². The lowest BCUT2D eigenvalue weighted by molar-refractivity contribution is 0.0774. The van der Waals surface area contributed by atoms with Crippen molar-refractivity contribution in [3.05, 3.63) is 29.3 Å². The van der Waals surface area contributed by atoms with Gasteiger partial charge in [-0.15, -0.1) is 23.2 Å². The molecule has 0 radical (unpaired) electrons. The molecule has 18 heavy (non-hydrogen) atoms. The van der Waals surface area contributed by atoms with Crippen molar-refractivity contribution in [3.63, 3.8) is 0 Å². The summed E-state index contributed by atoms with van der Waals surface area (Å²) in [5.41, 5.74) is 1.59. The zero-order valence-electron chi connectivity index (χ0n) is 10.6. The highest BCUT2D eigenvalue weighted by atomic mass is 35.5. The first-order chi connectivity index (χ1) is 8.63. The number of nitrogens with zero attached hydrogens (tertiary/aromatic N) is 1. The van der Waals surface area contributed by atoms with Gasteiger partial charge >= 0.3 is 0 Å². The summed E-state index contributed by atoms with van der Waals surface area (Å²) in [5, 5.41) is 0. The highest BCUT2D eigenvalue weighted by Gasteiger charge is 2.15. The van der Waals surface area contributed by atoms with Crippen LogP contribution in [0.1, 0.15) is 15.9 Å². The molecule has 1 aromatic rings. The van der Waals surface area contributed by atoms with Crippen molar-refractivity contribution in [3.8, 4) is 5.75 Å². The first-order valence-corrected chi connectivity index (χ1v) is 6.76. The van der Waals surface area contributed by atoms with Crippen molar-refractivity contribution < 1.29 is 9.53 Å². The average Bonchev–Trinajstić information content (AvgIpc) is 2.38. The van der Waals surface area contributed by atoms with Gasteiger partial charge in [0.05, 0.1) is 7.11 Å². The number of methoxy groups -OCH3 is 1. The molecule has 1 amide bonds. The predicted octanol–water partition coefficient (Wildman–Crippen LogP) is 2.92. The Morgan fingerprint density at radius 3 is 2.39 bits per heavy atom. The second-order valence-corrected chi connectivity index (χ2v) is 4.61. The molecule has 100 valence electrons. The molecular weight excluding hydrogens is 273 g/mol. The third-order valence-corrected chi connectivity index (χ3v) is 2.99. The Kier molecular flexibility index (Phi) is 6.30. The van der Waals surface area contributed by atoms with Crippen molar-refractivity contribution >= 4 is 29.1 Å². The van der Waals surface area contributed by atoms with Gasteiger partial charge in [-0.3, -0.25) is 4.79 Å². The van der Waals surface area contributed by atoms with Crippen LogP contribution in [0.3, 0.4) is 0 Å². The topological polar surface area (TPSA) is 29.5 Å². The molecule has 0 N–H and O–H groups in total. The largest absolute Gasteiger partial charge is 0.496 e. The number of rotatable bonds is 6. The molecule has 5 heteroatoms. The van der Waals surface area contributed by atoms with Gasteiger partial charge in [0.15, 0.2) is 0 Å². The minimum Gasteiger partial charge on any atom is -0.496 e. The van der Waals surface area contributed by atoms with E-state index in [-0.39, 0.29) is 5.91 Å². The van der Waals surface area contributed by atoms with Crippen LogP contribution in [0.25, 0.3) is 0 Å². The summed E-state index contributed by atoms with van der Waals surface area (Å²) < 4.78 is 5.21. The summed E-state index contributed by atoms with van der Waals surface area (Å²) in [6.45, 7) is 2.91. The van der Waals surface area contributed by atoms with Crippen LogP contribution >= 0.6 is 23.2 Å². The molecule has 0 aliphatic heterocycles. The number of hydrogen-bond donors (Lipinski definition) is 0. The molecule has 1 rings (SSSR count). The number of hydrogen-bond acceptors (Lipinski definition) is 2. The standard InChI is InChI=1S/C13H17Cl2NO2/c1-10-3-4-11(9-12(10)18-2)13(17)16(7-5-14)8-6-15/h3-4,9H,5-8H2,1-2H3. The monoisotopic (exact) mass is 289 g/mol. The van der Waals surface area contributed by atoms with E-state index in [1.165, 1.54) is 0 Å². The van der Waals surface area contributed by atoms with Gasteiger partial charge in [-0.25, -0.2) is 0 Å². The SMILES string of the molecule is COc1cc(C(=O)N(CCCl)CCCl)ccc1C. The molecule has 0 aliphatic rings. The highest BCUT2D eigenvalue weighted by molar-refractivity contribution is 6.18. The van der Waals surface area contributed by atoms with E-state index in [1.807, 2.05) is 13.0 Å². The average molecular weight is 290 g/mol. The number of carbonyl (C=O) groups is 1. The Labute approximate surface area is 118 Å². The minimum atomic E-state index is -0.0744. The number of amides is 1. The van der Waals surface area contributed by atoms with Crippen molar-refractivity contribution in [2.45, 2.75) is 6.92 Å². The van der Waals surface area contributed by atoms with Crippen LogP contribution in [0.15, 0.2) is 18.2 Å². The first-order valence-electron chi connectivity index (χ1n) is 5.70. The maximum Gasteiger partial charge on any atom is 0.254 e. The van der Waals surface area contributed by atoms with Gasteiger partial charge < -0.3 is 9.64 Å². The molecule has 1 aromatic carbocycles. The Morgan fingerprint density at radius 2 is 1.89 bits per heavy atom. The third kappa shape index (κ3) is 3.79. The molecule has 0 fully saturated rings. The molecule has 0 aliphatic carbocycles. The molecule has 0 atom stereocenters. The second-order valence-electron chi connectivity index (χ2n) is 3.85. The van der Waals surface area contributed by atoms with Crippen LogP contribution < -0.4 is 4.74 Å². The fourth-order valence-electron chi connectivity index (χ4n) is 1.65. The van der Waals surface area contributed by atoms with Crippen LogP contribution in [0.5, 0.6) is 5.75 Å². The van der Waals surface area contributed by atoms with E-state index in [0.29, 0.717) is 36.2 Å². The molecule has 0 aromatic heterocycles. The quantitative estimate of drug-likeness (QED) is 0.754.